The molecule has 1 aliphatic heterocycles. The van der Waals surface area contributed by atoms with Gasteiger partial charge in [-0.1, -0.05) is 0 Å². The van der Waals surface area contributed by atoms with E-state index in [1.807, 2.05) is 0 Å². The van der Waals surface area contributed by atoms with Gasteiger partial charge >= 0.3 is 0 Å². The van der Waals surface area contributed by atoms with Crippen molar-refractivity contribution in [1.82, 2.24) is 5.32 Å². The van der Waals surface area contributed by atoms with Gasteiger partial charge < -0.3 is 14.8 Å². The summed E-state index contributed by atoms with van der Waals surface area (Å²) < 4.78 is 10.2. The highest BCUT2D eigenvalue weighted by molar-refractivity contribution is 6.30. The van der Waals surface area contributed by atoms with Crippen molar-refractivity contribution in [3.63, 3.8) is 0 Å². The zero-order valence-electron chi connectivity index (χ0n) is 6.88. The number of rotatable bonds is 3. The molecule has 0 aromatic carbocycles. The molecule has 0 radical (unpaired) electrons. The van der Waals surface area contributed by atoms with Gasteiger partial charge in [-0.25, -0.2) is 0 Å². The fourth-order valence-electron chi connectivity index (χ4n) is 0.850. The van der Waals surface area contributed by atoms with Crippen LogP contribution in [-0.2, 0) is 14.3 Å². The fourth-order valence-corrected chi connectivity index (χ4v) is 0.927. The van der Waals surface area contributed by atoms with E-state index in [-0.39, 0.29) is 12.2 Å². The first-order valence-electron chi connectivity index (χ1n) is 3.85. The maximum atomic E-state index is 10.9. The third-order valence-electron chi connectivity index (χ3n) is 1.50. The largest absolute Gasteiger partial charge is 0.350 e. The zero-order chi connectivity index (χ0) is 8.97. The summed E-state index contributed by atoms with van der Waals surface area (Å²) in [6, 6.07) is 0. The van der Waals surface area contributed by atoms with Gasteiger partial charge in [-0.3, -0.25) is 4.79 Å². The van der Waals surface area contributed by atoms with Crippen molar-refractivity contribution in [2.45, 2.75) is 18.6 Å². The molecule has 0 aromatic heterocycles. The smallest absolute Gasteiger partial charge is 0.237 e. The Labute approximate surface area is 76.2 Å². The van der Waals surface area contributed by atoms with Gasteiger partial charge in [0.15, 0.2) is 6.29 Å². The zero-order valence-corrected chi connectivity index (χ0v) is 7.63. The first kappa shape index (κ1) is 9.77. The summed E-state index contributed by atoms with van der Waals surface area (Å²) >= 11 is 5.52. The quantitative estimate of drug-likeness (QED) is 0.647. The van der Waals surface area contributed by atoms with Gasteiger partial charge in [0.05, 0.1) is 19.8 Å². The van der Waals surface area contributed by atoms with Gasteiger partial charge in [-0.2, -0.15) is 0 Å². The summed E-state index contributed by atoms with van der Waals surface area (Å²) in [6.45, 7) is 3.18. The number of carbonyl (C=O) groups excluding carboxylic acids is 1. The van der Waals surface area contributed by atoms with Crippen LogP contribution in [0.1, 0.15) is 6.92 Å². The second-order valence-electron chi connectivity index (χ2n) is 2.53. The Morgan fingerprint density at radius 1 is 1.67 bits per heavy atom. The third-order valence-corrected chi connectivity index (χ3v) is 1.69. The molecule has 0 saturated carbocycles. The fraction of sp³-hybridized carbons (Fsp3) is 0.857. The summed E-state index contributed by atoms with van der Waals surface area (Å²) in [6.07, 6.45) is -0.302. The van der Waals surface area contributed by atoms with E-state index in [2.05, 4.69) is 5.32 Å². The monoisotopic (exact) mass is 193 g/mol. The number of halogens is 1. The molecule has 0 spiro atoms. The molecule has 1 aliphatic rings. The Hall–Kier alpha value is -0.320. The molecule has 5 heteroatoms. The number of nitrogens with one attached hydrogen (secondary N) is 1. The topological polar surface area (TPSA) is 47.6 Å². The highest BCUT2D eigenvalue weighted by atomic mass is 35.5. The molecule has 0 bridgehead atoms. The van der Waals surface area contributed by atoms with Crippen molar-refractivity contribution in [3.8, 4) is 0 Å². The SMILES string of the molecule is CC(Cl)C(=O)NCC1OCCO1. The van der Waals surface area contributed by atoms with E-state index < -0.39 is 5.38 Å². The molecule has 0 aromatic rings. The predicted molar refractivity (Wildman–Crippen MR) is 44.0 cm³/mol. The molecule has 1 N–H and O–H groups in total. The van der Waals surface area contributed by atoms with E-state index >= 15 is 0 Å². The van der Waals surface area contributed by atoms with Crippen LogP contribution in [-0.4, -0.2) is 37.3 Å². The lowest BCUT2D eigenvalue weighted by molar-refractivity contribution is -0.122. The first-order valence-corrected chi connectivity index (χ1v) is 4.29. The van der Waals surface area contributed by atoms with E-state index in [1.54, 1.807) is 6.92 Å². The third kappa shape index (κ3) is 2.97. The van der Waals surface area contributed by atoms with Crippen LogP contribution in [0.25, 0.3) is 0 Å². The van der Waals surface area contributed by atoms with E-state index in [0.29, 0.717) is 19.8 Å². The molecule has 70 valence electrons. The average molecular weight is 194 g/mol. The number of amides is 1. The molecule has 1 unspecified atom stereocenters. The van der Waals surface area contributed by atoms with Crippen molar-refractivity contribution in [2.75, 3.05) is 19.8 Å². The second kappa shape index (κ2) is 4.64. The minimum Gasteiger partial charge on any atom is -0.350 e. The number of carbonyl (C=O) groups is 1. The molecule has 1 amide bonds. The lowest BCUT2D eigenvalue weighted by atomic mass is 10.4. The van der Waals surface area contributed by atoms with Crippen molar-refractivity contribution in [3.05, 3.63) is 0 Å². The summed E-state index contributed by atoms with van der Waals surface area (Å²) in [5.41, 5.74) is 0. The van der Waals surface area contributed by atoms with Crippen molar-refractivity contribution < 1.29 is 14.3 Å². The number of alkyl halides is 1. The Morgan fingerprint density at radius 2 is 2.25 bits per heavy atom. The van der Waals surface area contributed by atoms with E-state index in [1.165, 1.54) is 0 Å². The van der Waals surface area contributed by atoms with Crippen molar-refractivity contribution >= 4 is 17.5 Å². The van der Waals surface area contributed by atoms with E-state index in [9.17, 15) is 4.79 Å². The first-order chi connectivity index (χ1) is 5.70. The lowest BCUT2D eigenvalue weighted by Gasteiger charge is -2.10. The summed E-state index contributed by atoms with van der Waals surface area (Å²) in [4.78, 5) is 10.9. The molecule has 1 heterocycles. The molecule has 4 nitrogen and oxygen atoms in total. The minimum absolute atomic E-state index is 0.198. The summed E-state index contributed by atoms with van der Waals surface area (Å²) in [5, 5.41) is 2.10. The molecule has 0 aliphatic carbocycles. The number of ether oxygens (including phenoxy) is 2. The predicted octanol–water partition coefficient (Wildman–Crippen LogP) is 0.103. The van der Waals surface area contributed by atoms with Crippen LogP contribution in [0.2, 0.25) is 0 Å². The summed E-state index contributed by atoms with van der Waals surface area (Å²) in [7, 11) is 0. The maximum Gasteiger partial charge on any atom is 0.237 e. The highest BCUT2D eigenvalue weighted by Gasteiger charge is 2.17. The van der Waals surface area contributed by atoms with Gasteiger partial charge in [-0.15, -0.1) is 11.6 Å². The van der Waals surface area contributed by atoms with Crippen LogP contribution in [0, 0.1) is 0 Å². The standard InChI is InChI=1S/C7H12ClNO3/c1-5(8)7(10)9-4-6-11-2-3-12-6/h5-6H,2-4H2,1H3,(H,9,10). The Balaban J connectivity index is 2.12. The van der Waals surface area contributed by atoms with Crippen molar-refractivity contribution in [2.24, 2.45) is 0 Å². The number of hydrogen-bond donors (Lipinski definition) is 1. The highest BCUT2D eigenvalue weighted by Crippen LogP contribution is 2.02. The molecular formula is C7H12ClNO3. The maximum absolute atomic E-state index is 10.9. The van der Waals surface area contributed by atoms with E-state index in [0.717, 1.165) is 0 Å². The molecule has 1 atom stereocenters. The van der Waals surface area contributed by atoms with Gasteiger partial charge in [0.2, 0.25) is 5.91 Å². The molecular weight excluding hydrogens is 182 g/mol. The Bertz CT molecular complexity index is 157. The summed E-state index contributed by atoms with van der Waals surface area (Å²) in [5.74, 6) is -0.198. The molecule has 1 fully saturated rings. The van der Waals surface area contributed by atoms with Crippen molar-refractivity contribution in [1.29, 1.82) is 0 Å². The van der Waals surface area contributed by atoms with Crippen LogP contribution in [0.15, 0.2) is 0 Å². The number of hydrogen-bond acceptors (Lipinski definition) is 3. The van der Waals surface area contributed by atoms with Gasteiger partial charge in [0, 0.05) is 0 Å². The van der Waals surface area contributed by atoms with Crippen LogP contribution in [0.5, 0.6) is 0 Å². The van der Waals surface area contributed by atoms with E-state index in [4.69, 9.17) is 21.1 Å². The van der Waals surface area contributed by atoms with Crippen LogP contribution in [0.4, 0.5) is 0 Å². The molecule has 1 saturated heterocycles. The Morgan fingerprint density at radius 3 is 2.75 bits per heavy atom. The van der Waals surface area contributed by atoms with Crippen LogP contribution < -0.4 is 5.32 Å². The van der Waals surface area contributed by atoms with Gasteiger partial charge in [-0.05, 0) is 6.92 Å². The molecule has 12 heavy (non-hydrogen) atoms. The second-order valence-corrected chi connectivity index (χ2v) is 3.19. The average Bonchev–Trinajstić information content (AvgIpc) is 2.51. The van der Waals surface area contributed by atoms with Gasteiger partial charge in [0.1, 0.15) is 5.38 Å². The normalized spacial score (nSPS) is 20.8. The lowest BCUT2D eigenvalue weighted by Crippen LogP contribution is -2.36. The van der Waals surface area contributed by atoms with Crippen LogP contribution >= 0.6 is 11.6 Å². The van der Waals surface area contributed by atoms with Gasteiger partial charge in [0.25, 0.3) is 0 Å². The van der Waals surface area contributed by atoms with Crippen LogP contribution in [0.3, 0.4) is 0 Å². The molecule has 1 rings (SSSR count). The minimum atomic E-state index is -0.508. The Kier molecular flexibility index (Phi) is 3.78.